The number of ether oxygens (including phenoxy) is 1. The van der Waals surface area contributed by atoms with E-state index in [0.717, 1.165) is 41.6 Å². The maximum absolute atomic E-state index is 11.5. The molecule has 1 aliphatic carbocycles. The molecule has 0 spiro atoms. The van der Waals surface area contributed by atoms with Crippen LogP contribution in [0.5, 0.6) is 5.88 Å². The lowest BCUT2D eigenvalue weighted by atomic mass is 9.93. The third-order valence-corrected chi connectivity index (χ3v) is 6.51. The molecular formula is C22H27N5O3S. The molecule has 9 heteroatoms. The van der Waals surface area contributed by atoms with E-state index in [1.807, 2.05) is 26.0 Å². The second kappa shape index (κ2) is 7.65. The van der Waals surface area contributed by atoms with Crippen LogP contribution in [0.4, 0.5) is 5.69 Å². The van der Waals surface area contributed by atoms with Crippen LogP contribution < -0.4 is 15.6 Å². The largest absolute Gasteiger partial charge is 0.475 e. The van der Waals surface area contributed by atoms with Gasteiger partial charge < -0.3 is 10.5 Å². The Balaban J connectivity index is 1.57. The van der Waals surface area contributed by atoms with Gasteiger partial charge in [0.25, 0.3) is 10.0 Å². The predicted molar refractivity (Wildman–Crippen MR) is 119 cm³/mol. The molecule has 1 aromatic carbocycles. The molecule has 0 aliphatic heterocycles. The van der Waals surface area contributed by atoms with Crippen molar-refractivity contribution in [3.8, 4) is 17.0 Å². The van der Waals surface area contributed by atoms with E-state index in [2.05, 4.69) is 23.1 Å². The molecular weight excluding hydrogens is 414 g/mol. The number of fused-ring (bicyclic) bond motifs is 1. The number of pyridine rings is 1. The highest BCUT2D eigenvalue weighted by atomic mass is 32.2. The molecule has 0 radical (unpaired) electrons. The molecule has 164 valence electrons. The van der Waals surface area contributed by atoms with E-state index in [1.165, 1.54) is 21.9 Å². The Kier molecular flexibility index (Phi) is 5.26. The summed E-state index contributed by atoms with van der Waals surface area (Å²) in [5, 5.41) is 9.05. The zero-order chi connectivity index (χ0) is 22.4. The van der Waals surface area contributed by atoms with E-state index in [1.54, 1.807) is 12.4 Å². The molecule has 0 atom stereocenters. The summed E-state index contributed by atoms with van der Waals surface area (Å²) in [5.74, 6) is 0.462. The van der Waals surface area contributed by atoms with Crippen molar-refractivity contribution in [3.63, 3.8) is 0 Å². The Labute approximate surface area is 182 Å². The molecule has 0 saturated heterocycles. The predicted octanol–water partition coefficient (Wildman–Crippen LogP) is 2.79. The van der Waals surface area contributed by atoms with Crippen LogP contribution in [-0.2, 0) is 28.4 Å². The number of sulfonamides is 1. The molecule has 0 saturated carbocycles. The zero-order valence-electron chi connectivity index (χ0n) is 17.9. The zero-order valence-corrected chi connectivity index (χ0v) is 18.7. The van der Waals surface area contributed by atoms with Crippen LogP contribution in [0.2, 0.25) is 0 Å². The minimum atomic E-state index is -3.86. The summed E-state index contributed by atoms with van der Waals surface area (Å²) in [4.78, 5) is 4.33. The topological polar surface area (TPSA) is 126 Å². The third kappa shape index (κ3) is 4.15. The van der Waals surface area contributed by atoms with E-state index < -0.39 is 15.6 Å². The number of nitrogens with two attached hydrogens (primary N) is 2. The lowest BCUT2D eigenvalue weighted by Gasteiger charge is -2.25. The molecule has 31 heavy (non-hydrogen) atoms. The Morgan fingerprint density at radius 2 is 2.00 bits per heavy atom. The molecule has 4 N–H and O–H groups in total. The molecule has 8 nitrogen and oxygen atoms in total. The average Bonchev–Trinajstić information content (AvgIpc) is 3.36. The summed E-state index contributed by atoms with van der Waals surface area (Å²) in [6, 6.07) is 7.42. The first-order chi connectivity index (χ1) is 14.6. The van der Waals surface area contributed by atoms with Crippen LogP contribution in [0.1, 0.15) is 37.0 Å². The van der Waals surface area contributed by atoms with Gasteiger partial charge in [-0.05, 0) is 74.4 Å². The highest BCUT2D eigenvalue weighted by Gasteiger charge is 2.25. The van der Waals surface area contributed by atoms with Gasteiger partial charge in [-0.1, -0.05) is 6.07 Å². The number of benzene rings is 1. The summed E-state index contributed by atoms with van der Waals surface area (Å²) in [6.07, 6.45) is 6.52. The van der Waals surface area contributed by atoms with Crippen molar-refractivity contribution >= 4 is 15.7 Å². The monoisotopic (exact) mass is 441 g/mol. The van der Waals surface area contributed by atoms with Gasteiger partial charge >= 0.3 is 0 Å². The van der Waals surface area contributed by atoms with Crippen LogP contribution in [0, 0.1) is 6.92 Å². The van der Waals surface area contributed by atoms with Crippen molar-refractivity contribution < 1.29 is 13.2 Å². The van der Waals surface area contributed by atoms with Gasteiger partial charge in [-0.25, -0.2) is 18.5 Å². The van der Waals surface area contributed by atoms with E-state index in [4.69, 9.17) is 15.6 Å². The molecule has 1 aliphatic rings. The second-order valence-corrected chi connectivity index (χ2v) is 10.1. The van der Waals surface area contributed by atoms with Gasteiger partial charge in [-0.3, -0.25) is 4.68 Å². The van der Waals surface area contributed by atoms with Crippen LogP contribution in [0.15, 0.2) is 41.7 Å². The lowest BCUT2D eigenvalue weighted by molar-refractivity contribution is 0.164. The normalized spacial score (nSPS) is 13.9. The number of anilines is 1. The summed E-state index contributed by atoms with van der Waals surface area (Å²) < 4.78 is 30.5. The van der Waals surface area contributed by atoms with Gasteiger partial charge in [-0.2, -0.15) is 5.10 Å². The first-order valence-electron chi connectivity index (χ1n) is 10.2. The number of nitrogens with zero attached hydrogens (tertiary/aromatic N) is 3. The molecule has 4 rings (SSSR count). The van der Waals surface area contributed by atoms with E-state index in [0.29, 0.717) is 5.88 Å². The fraction of sp³-hybridized carbons (Fsp3) is 0.364. The van der Waals surface area contributed by atoms with Crippen molar-refractivity contribution in [1.29, 1.82) is 0 Å². The van der Waals surface area contributed by atoms with E-state index >= 15 is 0 Å². The number of nitrogen functional groups attached to an aromatic ring is 1. The number of hydrogen-bond acceptors (Lipinski definition) is 6. The van der Waals surface area contributed by atoms with Crippen molar-refractivity contribution in [3.05, 3.63) is 53.3 Å². The summed E-state index contributed by atoms with van der Waals surface area (Å²) >= 11 is 0. The SMILES string of the molecule is Cc1cc2c(c(N)c1-c1ccnc(OCC(C)(C)n3ccc(S(N)(=O)=O)n3)c1)CCC2. The van der Waals surface area contributed by atoms with Gasteiger partial charge in [0.05, 0.1) is 5.54 Å². The van der Waals surface area contributed by atoms with Gasteiger partial charge in [0.1, 0.15) is 6.61 Å². The Morgan fingerprint density at radius 3 is 2.71 bits per heavy atom. The lowest BCUT2D eigenvalue weighted by Crippen LogP contribution is -2.34. The first-order valence-corrected chi connectivity index (χ1v) is 11.7. The molecule has 0 unspecified atom stereocenters. The van der Waals surface area contributed by atoms with Crippen LogP contribution >= 0.6 is 0 Å². The quantitative estimate of drug-likeness (QED) is 0.567. The van der Waals surface area contributed by atoms with Crippen molar-refractivity contribution in [2.75, 3.05) is 12.3 Å². The number of primary sulfonamides is 1. The van der Waals surface area contributed by atoms with Gasteiger partial charge in [0.2, 0.25) is 5.88 Å². The third-order valence-electron chi connectivity index (χ3n) is 5.71. The fourth-order valence-corrected chi connectivity index (χ4v) is 4.52. The van der Waals surface area contributed by atoms with Gasteiger partial charge in [-0.15, -0.1) is 0 Å². The fourth-order valence-electron chi connectivity index (χ4n) is 4.07. The number of rotatable bonds is 6. The van der Waals surface area contributed by atoms with Crippen molar-refractivity contribution in [2.24, 2.45) is 5.14 Å². The molecule has 2 heterocycles. The Bertz CT molecular complexity index is 1250. The highest BCUT2D eigenvalue weighted by molar-refractivity contribution is 7.89. The Morgan fingerprint density at radius 1 is 1.23 bits per heavy atom. The molecule has 2 aromatic heterocycles. The summed E-state index contributed by atoms with van der Waals surface area (Å²) in [6.45, 7) is 6.09. The second-order valence-electron chi connectivity index (χ2n) is 8.60. The van der Waals surface area contributed by atoms with Gasteiger partial charge in [0.15, 0.2) is 5.03 Å². The number of aromatic nitrogens is 3. The van der Waals surface area contributed by atoms with Crippen LogP contribution in [-0.4, -0.2) is 29.8 Å². The summed E-state index contributed by atoms with van der Waals surface area (Å²) in [7, 11) is -3.86. The first kappa shape index (κ1) is 21.3. The standard InChI is InChI=1S/C22H27N5O3S/c1-14-11-15-5-4-6-17(15)21(23)20(14)16-7-9-25-18(12-16)30-13-22(2,3)27-10-8-19(26-27)31(24,28)29/h7-12H,4-6,13,23H2,1-3H3,(H2,24,28,29). The highest BCUT2D eigenvalue weighted by Crippen LogP contribution is 2.38. The summed E-state index contributed by atoms with van der Waals surface area (Å²) in [5.41, 5.74) is 12.5. The van der Waals surface area contributed by atoms with Crippen LogP contribution in [0.3, 0.4) is 0 Å². The Hall–Kier alpha value is -2.91. The molecule has 0 fully saturated rings. The molecule has 0 amide bonds. The van der Waals surface area contributed by atoms with E-state index in [-0.39, 0.29) is 11.6 Å². The van der Waals surface area contributed by atoms with E-state index in [9.17, 15) is 8.42 Å². The number of hydrogen-bond donors (Lipinski definition) is 2. The minimum Gasteiger partial charge on any atom is -0.475 e. The minimum absolute atomic E-state index is 0.178. The van der Waals surface area contributed by atoms with Crippen molar-refractivity contribution in [2.45, 2.75) is 50.6 Å². The number of aryl methyl sites for hydroxylation is 2. The molecule has 3 aromatic rings. The average molecular weight is 442 g/mol. The maximum Gasteiger partial charge on any atom is 0.257 e. The van der Waals surface area contributed by atoms with Crippen molar-refractivity contribution in [1.82, 2.24) is 14.8 Å². The smallest absolute Gasteiger partial charge is 0.257 e. The maximum atomic E-state index is 11.5. The molecule has 0 bridgehead atoms. The van der Waals surface area contributed by atoms with Crippen LogP contribution in [0.25, 0.3) is 11.1 Å². The van der Waals surface area contributed by atoms with Gasteiger partial charge in [0, 0.05) is 29.7 Å².